The van der Waals surface area contributed by atoms with E-state index in [9.17, 15) is 19.2 Å². The van der Waals surface area contributed by atoms with Gasteiger partial charge in [-0.25, -0.2) is 15.0 Å². The normalized spacial score (nSPS) is 11.1. The number of pyridine rings is 3. The molecule has 0 aromatic carbocycles. The summed E-state index contributed by atoms with van der Waals surface area (Å²) in [5, 5.41) is 36.4. The van der Waals surface area contributed by atoms with Crippen LogP contribution in [0.3, 0.4) is 0 Å². The lowest BCUT2D eigenvalue weighted by molar-refractivity contribution is -0.144. The van der Waals surface area contributed by atoms with Gasteiger partial charge in [-0.05, 0) is 48.9 Å². The molecule has 0 aliphatic rings. The van der Waals surface area contributed by atoms with Crippen molar-refractivity contribution >= 4 is 23.9 Å². The van der Waals surface area contributed by atoms with Crippen molar-refractivity contribution in [1.82, 2.24) is 24.8 Å². The maximum atomic E-state index is 11.1. The Morgan fingerprint density at radius 1 is 0.590 bits per heavy atom. The van der Waals surface area contributed by atoms with E-state index in [4.69, 9.17) is 20.4 Å². The quantitative estimate of drug-likeness (QED) is 0.231. The van der Waals surface area contributed by atoms with Crippen molar-refractivity contribution < 1.29 is 39.6 Å². The SMILES string of the molecule is Cc1cc(-c2cccc(CN(CC(=O)O)CC(=O)O)n2)nc(-c2cccc(CN(CC(=O)O)CC(=O)O)n2)c1. The maximum absolute atomic E-state index is 11.1. The number of aryl methyl sites for hydroxylation is 1. The average molecular weight is 538 g/mol. The molecule has 0 aliphatic carbocycles. The average Bonchev–Trinajstić information content (AvgIpc) is 2.82. The minimum Gasteiger partial charge on any atom is -0.480 e. The standard InChI is InChI=1S/C26H27N5O8/c1-16-8-21(19-6-2-4-17(27-19)10-30(12-23(32)33)13-24(34)35)29-22(9-16)20-7-3-5-18(28-20)11-31(14-25(36)37)15-26(38)39/h2-9H,10-15H2,1H3,(H,32,33)(H,34,35)(H,36,37)(H,38,39). The topological polar surface area (TPSA) is 194 Å². The first-order valence-corrected chi connectivity index (χ1v) is 11.7. The number of rotatable bonds is 14. The second kappa shape index (κ2) is 13.2. The van der Waals surface area contributed by atoms with Crippen LogP contribution in [0.25, 0.3) is 22.8 Å². The Kier molecular flexibility index (Phi) is 9.73. The molecule has 0 fully saturated rings. The van der Waals surface area contributed by atoms with Crippen molar-refractivity contribution in [3.05, 3.63) is 65.5 Å². The summed E-state index contributed by atoms with van der Waals surface area (Å²) in [7, 11) is 0. The van der Waals surface area contributed by atoms with Gasteiger partial charge in [0, 0.05) is 13.1 Å². The summed E-state index contributed by atoms with van der Waals surface area (Å²) < 4.78 is 0. The number of nitrogens with zero attached hydrogens (tertiary/aromatic N) is 5. The van der Waals surface area contributed by atoms with Crippen molar-refractivity contribution in [2.45, 2.75) is 20.0 Å². The number of carboxylic acids is 4. The van der Waals surface area contributed by atoms with Crippen LogP contribution in [0, 0.1) is 6.92 Å². The molecule has 0 atom stereocenters. The summed E-state index contributed by atoms with van der Waals surface area (Å²) in [4.78, 5) is 60.8. The van der Waals surface area contributed by atoms with Gasteiger partial charge < -0.3 is 20.4 Å². The summed E-state index contributed by atoms with van der Waals surface area (Å²) >= 11 is 0. The highest BCUT2D eigenvalue weighted by Gasteiger charge is 2.17. The van der Waals surface area contributed by atoms with Gasteiger partial charge in [-0.3, -0.25) is 29.0 Å². The molecule has 0 saturated heterocycles. The Hall–Kier alpha value is -4.75. The molecule has 4 N–H and O–H groups in total. The van der Waals surface area contributed by atoms with Crippen LogP contribution >= 0.6 is 0 Å². The monoisotopic (exact) mass is 537 g/mol. The molecule has 3 heterocycles. The highest BCUT2D eigenvalue weighted by Crippen LogP contribution is 2.23. The van der Waals surface area contributed by atoms with Crippen LogP contribution in [-0.4, -0.2) is 95.2 Å². The van der Waals surface area contributed by atoms with Crippen LogP contribution in [0.2, 0.25) is 0 Å². The summed E-state index contributed by atoms with van der Waals surface area (Å²) in [6.45, 7) is 0.0702. The van der Waals surface area contributed by atoms with Crippen molar-refractivity contribution in [3.63, 3.8) is 0 Å². The zero-order chi connectivity index (χ0) is 28.5. The number of carbonyl (C=O) groups is 4. The molecule has 13 heteroatoms. The lowest BCUT2D eigenvalue weighted by Crippen LogP contribution is -2.34. The van der Waals surface area contributed by atoms with E-state index in [0.29, 0.717) is 34.2 Å². The van der Waals surface area contributed by atoms with E-state index >= 15 is 0 Å². The molecule has 3 rings (SSSR count). The summed E-state index contributed by atoms with van der Waals surface area (Å²) in [5.41, 5.74) is 3.81. The lowest BCUT2D eigenvalue weighted by Gasteiger charge is -2.18. The summed E-state index contributed by atoms with van der Waals surface area (Å²) in [5.74, 6) is -4.61. The summed E-state index contributed by atoms with van der Waals surface area (Å²) in [6, 6.07) is 13.9. The second-order valence-electron chi connectivity index (χ2n) is 8.81. The molecule has 13 nitrogen and oxygen atoms in total. The van der Waals surface area contributed by atoms with Gasteiger partial charge in [-0.15, -0.1) is 0 Å². The first kappa shape index (κ1) is 28.8. The number of carboxylic acid groups (broad SMARTS) is 4. The van der Waals surface area contributed by atoms with E-state index in [2.05, 4.69) is 15.0 Å². The third kappa shape index (κ3) is 9.25. The van der Waals surface area contributed by atoms with Gasteiger partial charge in [0.05, 0.1) is 60.3 Å². The van der Waals surface area contributed by atoms with Crippen molar-refractivity contribution in [2.24, 2.45) is 0 Å². The molecule has 0 spiro atoms. The Balaban J connectivity index is 1.88. The summed E-state index contributed by atoms with van der Waals surface area (Å²) in [6.07, 6.45) is 0. The number of aliphatic carboxylic acids is 4. The zero-order valence-corrected chi connectivity index (χ0v) is 21.0. The molecule has 3 aromatic heterocycles. The Morgan fingerprint density at radius 3 is 1.28 bits per heavy atom. The minimum absolute atomic E-state index is 0.0118. The maximum Gasteiger partial charge on any atom is 0.317 e. The van der Waals surface area contributed by atoms with Crippen LogP contribution < -0.4 is 0 Å². The van der Waals surface area contributed by atoms with E-state index in [0.717, 1.165) is 5.56 Å². The van der Waals surface area contributed by atoms with Gasteiger partial charge in [0.25, 0.3) is 0 Å². The molecular formula is C26H27N5O8. The van der Waals surface area contributed by atoms with Crippen LogP contribution in [0.5, 0.6) is 0 Å². The van der Waals surface area contributed by atoms with E-state index in [1.54, 1.807) is 36.4 Å². The first-order valence-electron chi connectivity index (χ1n) is 11.7. The van der Waals surface area contributed by atoms with Gasteiger partial charge >= 0.3 is 23.9 Å². The molecule has 0 amide bonds. The minimum atomic E-state index is -1.15. The Labute approximate surface area is 223 Å². The van der Waals surface area contributed by atoms with Gasteiger partial charge in [0.15, 0.2) is 0 Å². The number of hydrogen-bond donors (Lipinski definition) is 4. The third-order valence-electron chi connectivity index (χ3n) is 5.31. The fraction of sp³-hybridized carbons (Fsp3) is 0.269. The van der Waals surface area contributed by atoms with E-state index < -0.39 is 50.1 Å². The van der Waals surface area contributed by atoms with Crippen molar-refractivity contribution in [1.29, 1.82) is 0 Å². The first-order chi connectivity index (χ1) is 18.5. The van der Waals surface area contributed by atoms with Crippen LogP contribution in [0.1, 0.15) is 17.0 Å². The highest BCUT2D eigenvalue weighted by molar-refractivity contribution is 5.73. The molecular weight excluding hydrogens is 510 g/mol. The van der Waals surface area contributed by atoms with Gasteiger partial charge in [-0.1, -0.05) is 12.1 Å². The molecule has 0 aliphatic heterocycles. The Bertz CT molecular complexity index is 1250. The number of hydrogen-bond acceptors (Lipinski definition) is 9. The zero-order valence-electron chi connectivity index (χ0n) is 21.0. The smallest absolute Gasteiger partial charge is 0.317 e. The van der Waals surface area contributed by atoms with Gasteiger partial charge in [0.2, 0.25) is 0 Å². The van der Waals surface area contributed by atoms with Gasteiger partial charge in [0.1, 0.15) is 0 Å². The lowest BCUT2D eigenvalue weighted by atomic mass is 10.1. The van der Waals surface area contributed by atoms with Crippen LogP contribution in [0.15, 0.2) is 48.5 Å². The van der Waals surface area contributed by atoms with E-state index in [-0.39, 0.29) is 13.1 Å². The van der Waals surface area contributed by atoms with Crippen LogP contribution in [-0.2, 0) is 32.3 Å². The molecule has 39 heavy (non-hydrogen) atoms. The highest BCUT2D eigenvalue weighted by atomic mass is 16.4. The van der Waals surface area contributed by atoms with Crippen molar-refractivity contribution in [2.75, 3.05) is 26.2 Å². The van der Waals surface area contributed by atoms with Crippen molar-refractivity contribution in [3.8, 4) is 22.8 Å². The largest absolute Gasteiger partial charge is 0.480 e. The van der Waals surface area contributed by atoms with Crippen LogP contribution in [0.4, 0.5) is 0 Å². The molecule has 0 saturated carbocycles. The number of aromatic nitrogens is 3. The Morgan fingerprint density at radius 2 is 0.949 bits per heavy atom. The predicted molar refractivity (Wildman–Crippen MR) is 137 cm³/mol. The predicted octanol–water partition coefficient (Wildman–Crippen LogP) is 1.46. The molecule has 0 radical (unpaired) electrons. The fourth-order valence-corrected chi connectivity index (χ4v) is 3.91. The fourth-order valence-electron chi connectivity index (χ4n) is 3.91. The van der Waals surface area contributed by atoms with E-state index in [1.165, 1.54) is 9.80 Å². The molecule has 0 unspecified atom stereocenters. The second-order valence-corrected chi connectivity index (χ2v) is 8.81. The third-order valence-corrected chi connectivity index (χ3v) is 5.31. The molecule has 3 aromatic rings. The molecule has 0 bridgehead atoms. The molecule has 204 valence electrons. The van der Waals surface area contributed by atoms with Gasteiger partial charge in [-0.2, -0.15) is 0 Å². The van der Waals surface area contributed by atoms with E-state index in [1.807, 2.05) is 19.1 Å².